The predicted octanol–water partition coefficient (Wildman–Crippen LogP) is 3.93. The molecule has 0 amide bonds. The molecule has 6 atom stereocenters. The van der Waals surface area contributed by atoms with Gasteiger partial charge in [-0.25, -0.2) is 0 Å². The van der Waals surface area contributed by atoms with Crippen molar-refractivity contribution < 1.29 is 4.74 Å². The molecule has 2 aromatic rings. The molecule has 0 spiro atoms. The summed E-state index contributed by atoms with van der Waals surface area (Å²) in [7, 11) is 0. The van der Waals surface area contributed by atoms with Crippen molar-refractivity contribution in [2.45, 2.75) is 36.9 Å². The lowest BCUT2D eigenvalue weighted by Gasteiger charge is -2.56. The average molecular weight is 288 g/mol. The maximum absolute atomic E-state index is 6.00. The van der Waals surface area contributed by atoms with Crippen molar-refractivity contribution in [3.05, 3.63) is 71.8 Å². The van der Waals surface area contributed by atoms with Crippen LogP contribution in [0.2, 0.25) is 0 Å². The number of ether oxygens (including phenoxy) is 1. The Bertz CT molecular complexity index is 715. The zero-order valence-electron chi connectivity index (χ0n) is 13.0. The Morgan fingerprint density at radius 3 is 1.50 bits per heavy atom. The van der Waals surface area contributed by atoms with Gasteiger partial charge in [-0.2, -0.15) is 0 Å². The van der Waals surface area contributed by atoms with Crippen molar-refractivity contribution in [1.29, 1.82) is 0 Å². The first-order chi connectivity index (χ1) is 10.7. The van der Waals surface area contributed by atoms with Gasteiger partial charge < -0.3 is 4.74 Å². The van der Waals surface area contributed by atoms with Gasteiger partial charge in [0.05, 0.1) is 12.2 Å². The van der Waals surface area contributed by atoms with Crippen LogP contribution in [0, 0.1) is 17.3 Å². The third-order valence-corrected chi connectivity index (χ3v) is 7.65. The monoisotopic (exact) mass is 288 g/mol. The van der Waals surface area contributed by atoms with Crippen molar-refractivity contribution >= 4 is 0 Å². The minimum Gasteiger partial charge on any atom is -0.369 e. The highest BCUT2D eigenvalue weighted by molar-refractivity contribution is 5.68. The van der Waals surface area contributed by atoms with Gasteiger partial charge >= 0.3 is 0 Å². The number of hydrogen-bond acceptors (Lipinski definition) is 1. The van der Waals surface area contributed by atoms with Crippen LogP contribution in [-0.4, -0.2) is 12.2 Å². The van der Waals surface area contributed by atoms with Crippen molar-refractivity contribution in [2.24, 2.45) is 17.3 Å². The van der Waals surface area contributed by atoms with Crippen LogP contribution in [0.5, 0.6) is 0 Å². The molecule has 0 aromatic heterocycles. The lowest BCUT2D eigenvalue weighted by Crippen LogP contribution is -2.63. The van der Waals surface area contributed by atoms with Crippen molar-refractivity contribution in [1.82, 2.24) is 0 Å². The molecule has 0 unspecified atom stereocenters. The van der Waals surface area contributed by atoms with Crippen molar-refractivity contribution in [2.75, 3.05) is 0 Å². The minimum absolute atomic E-state index is 0.283. The van der Waals surface area contributed by atoms with Crippen LogP contribution in [0.1, 0.15) is 25.0 Å². The Morgan fingerprint density at radius 2 is 1.09 bits per heavy atom. The van der Waals surface area contributed by atoms with Crippen molar-refractivity contribution in [3.8, 4) is 0 Å². The van der Waals surface area contributed by atoms with Gasteiger partial charge in [-0.05, 0) is 16.5 Å². The molecule has 1 aliphatic heterocycles. The standard InChI is InChI=1S/C21H20O/c1-19(2)20(13-9-5-3-6-10-13)15-16(18-17(15)22-18)21(19,20)14-11-7-4-8-12-14/h3-12,15-18H,1-2H3/t15-,16-,17-,18-,20-,21+/m1/s1. The number of benzene rings is 2. The Hall–Kier alpha value is -1.60. The SMILES string of the molecule is CC1(C)[C@]2(c3ccccc3)[C@H]3[C@H]4O[C@@H]4[C@@H]3[C@]12c1ccccc1. The summed E-state index contributed by atoms with van der Waals surface area (Å²) in [4.78, 5) is 0. The highest BCUT2D eigenvalue weighted by atomic mass is 16.6. The highest BCUT2D eigenvalue weighted by Gasteiger charge is 3.03. The summed E-state index contributed by atoms with van der Waals surface area (Å²) in [5.41, 5.74) is 3.93. The van der Waals surface area contributed by atoms with Crippen LogP contribution in [0.15, 0.2) is 60.7 Å². The molecule has 4 fully saturated rings. The van der Waals surface area contributed by atoms with Crippen LogP contribution in [0.4, 0.5) is 0 Å². The van der Waals surface area contributed by atoms with E-state index < -0.39 is 0 Å². The molecule has 1 nitrogen and oxygen atoms in total. The highest BCUT2D eigenvalue weighted by Crippen LogP contribution is 2.98. The van der Waals surface area contributed by atoms with E-state index in [9.17, 15) is 0 Å². The first kappa shape index (κ1) is 11.9. The van der Waals surface area contributed by atoms with Gasteiger partial charge in [-0.3, -0.25) is 0 Å². The van der Waals surface area contributed by atoms with E-state index in [1.807, 2.05) is 0 Å². The Labute approximate surface area is 131 Å². The molecule has 22 heavy (non-hydrogen) atoms. The number of fused-ring (bicyclic) bond motifs is 7. The number of rotatable bonds is 2. The second-order valence-corrected chi connectivity index (χ2v) is 8.09. The van der Waals surface area contributed by atoms with Gasteiger partial charge in [0.15, 0.2) is 0 Å². The molecular weight excluding hydrogens is 268 g/mol. The molecular formula is C21H20O. The molecule has 3 saturated carbocycles. The summed E-state index contributed by atoms with van der Waals surface area (Å²) in [6, 6.07) is 22.4. The maximum atomic E-state index is 6.00. The second-order valence-electron chi connectivity index (χ2n) is 8.09. The molecule has 110 valence electrons. The molecule has 1 saturated heterocycles. The summed E-state index contributed by atoms with van der Waals surface area (Å²) in [6.45, 7) is 4.98. The van der Waals surface area contributed by atoms with E-state index in [1.54, 1.807) is 0 Å². The van der Waals surface area contributed by atoms with Crippen LogP contribution in [0.3, 0.4) is 0 Å². The van der Waals surface area contributed by atoms with Crippen LogP contribution in [0.25, 0.3) is 0 Å². The molecule has 1 heteroatoms. The average Bonchev–Trinajstić information content (AvgIpc) is 3.31. The van der Waals surface area contributed by atoms with Gasteiger partial charge in [-0.15, -0.1) is 0 Å². The zero-order valence-corrected chi connectivity index (χ0v) is 13.0. The molecule has 1 heterocycles. The third-order valence-electron chi connectivity index (χ3n) is 7.65. The Morgan fingerprint density at radius 1 is 0.682 bits per heavy atom. The van der Waals surface area contributed by atoms with E-state index in [0.29, 0.717) is 17.6 Å². The number of hydrogen-bond donors (Lipinski definition) is 0. The largest absolute Gasteiger partial charge is 0.369 e. The normalized spacial score (nSPS) is 48.1. The van der Waals surface area contributed by atoms with Crippen molar-refractivity contribution in [3.63, 3.8) is 0 Å². The lowest BCUT2D eigenvalue weighted by atomic mass is 9.44. The second kappa shape index (κ2) is 3.19. The minimum atomic E-state index is 0.283. The molecule has 6 rings (SSSR count). The van der Waals surface area contributed by atoms with E-state index in [-0.39, 0.29) is 10.8 Å². The van der Waals surface area contributed by atoms with Crippen LogP contribution in [-0.2, 0) is 15.6 Å². The van der Waals surface area contributed by atoms with E-state index in [0.717, 1.165) is 11.8 Å². The summed E-state index contributed by atoms with van der Waals surface area (Å²) >= 11 is 0. The Kier molecular flexibility index (Phi) is 1.72. The summed E-state index contributed by atoms with van der Waals surface area (Å²) in [5, 5.41) is 0. The molecule has 0 bridgehead atoms. The van der Waals surface area contributed by atoms with Gasteiger partial charge in [0, 0.05) is 22.7 Å². The first-order valence-corrected chi connectivity index (χ1v) is 8.45. The van der Waals surface area contributed by atoms with E-state index in [2.05, 4.69) is 74.5 Å². The summed E-state index contributed by atoms with van der Waals surface area (Å²) in [6.07, 6.45) is 1.09. The van der Waals surface area contributed by atoms with Gasteiger partial charge in [-0.1, -0.05) is 74.5 Å². The van der Waals surface area contributed by atoms with E-state index in [4.69, 9.17) is 4.74 Å². The van der Waals surface area contributed by atoms with Crippen LogP contribution < -0.4 is 0 Å². The van der Waals surface area contributed by atoms with Gasteiger partial charge in [0.1, 0.15) is 0 Å². The van der Waals surface area contributed by atoms with Gasteiger partial charge in [0.2, 0.25) is 0 Å². The predicted molar refractivity (Wildman–Crippen MR) is 85.7 cm³/mol. The topological polar surface area (TPSA) is 12.5 Å². The fourth-order valence-corrected chi connectivity index (χ4v) is 7.18. The molecule has 4 aliphatic rings. The molecule has 2 aromatic carbocycles. The Balaban J connectivity index is 1.63. The zero-order chi connectivity index (χ0) is 14.7. The summed E-state index contributed by atoms with van der Waals surface area (Å²) in [5.74, 6) is 1.46. The fraction of sp³-hybridized carbons (Fsp3) is 0.429. The molecule has 0 N–H and O–H groups in total. The molecule has 0 radical (unpaired) electrons. The fourth-order valence-electron chi connectivity index (χ4n) is 7.18. The maximum Gasteiger partial charge on any atom is 0.0886 e. The van der Waals surface area contributed by atoms with Crippen LogP contribution >= 0.6 is 0 Å². The number of epoxide rings is 1. The third kappa shape index (κ3) is 0.841. The van der Waals surface area contributed by atoms with Gasteiger partial charge in [0.25, 0.3) is 0 Å². The van der Waals surface area contributed by atoms with E-state index in [1.165, 1.54) is 11.1 Å². The van der Waals surface area contributed by atoms with E-state index >= 15 is 0 Å². The first-order valence-electron chi connectivity index (χ1n) is 8.45. The smallest absolute Gasteiger partial charge is 0.0886 e. The summed E-state index contributed by atoms with van der Waals surface area (Å²) < 4.78 is 6.00. The molecule has 3 aliphatic carbocycles. The lowest BCUT2D eigenvalue weighted by molar-refractivity contribution is 0.0287. The quantitative estimate of drug-likeness (QED) is 0.763.